The lowest BCUT2D eigenvalue weighted by atomic mass is 9.99. The molecule has 630 valence electrons. The zero-order valence-corrected chi connectivity index (χ0v) is 71.7. The van der Waals surface area contributed by atoms with Gasteiger partial charge in [-0.2, -0.15) is 0 Å². The molecule has 0 saturated carbocycles. The van der Waals surface area contributed by atoms with E-state index in [1.54, 1.807) is 0 Å². The van der Waals surface area contributed by atoms with Crippen molar-refractivity contribution in [3.63, 3.8) is 0 Å². The van der Waals surface area contributed by atoms with Gasteiger partial charge in [0.1, 0.15) is 19.3 Å². The molecular weight excluding hydrogens is 1380 g/mol. The zero-order chi connectivity index (χ0) is 77.9. The van der Waals surface area contributed by atoms with Crippen LogP contribution in [-0.2, 0) is 65.4 Å². The van der Waals surface area contributed by atoms with Crippen molar-refractivity contribution in [1.82, 2.24) is 0 Å². The number of esters is 4. The van der Waals surface area contributed by atoms with E-state index in [0.29, 0.717) is 25.7 Å². The van der Waals surface area contributed by atoms with Gasteiger partial charge in [0, 0.05) is 25.7 Å². The maximum Gasteiger partial charge on any atom is 0.472 e. The van der Waals surface area contributed by atoms with Crippen LogP contribution in [0.1, 0.15) is 459 Å². The van der Waals surface area contributed by atoms with Gasteiger partial charge in [-0.3, -0.25) is 37.3 Å². The number of rotatable bonds is 85. The van der Waals surface area contributed by atoms with Gasteiger partial charge in [-0.1, -0.05) is 408 Å². The summed E-state index contributed by atoms with van der Waals surface area (Å²) >= 11 is 0. The first kappa shape index (κ1) is 104. The van der Waals surface area contributed by atoms with E-state index in [1.807, 2.05) is 0 Å². The first-order chi connectivity index (χ1) is 51.3. The standard InChI is InChI=1S/C87H170O17P2/c1-8-11-12-13-14-37-47-54-61-68-84(89)97-74-82(104-87(92)71-64-57-50-43-36-35-38-44-51-58-65-78(4)5)76-101-105(93,94)99-72-81(88)73-100-106(95,96)102-77-83(103-86(91)70-63-56-49-42-34-30-26-22-18-16-20-24-28-32-40-46-53-60-67-80(7)10-3)75-98-85(90)69-62-55-48-41-33-29-25-21-17-15-19-23-27-31-39-45-52-59-66-79(6)9-2/h78-83,88H,8-77H2,1-7H3,(H,93,94)(H,95,96)/t79?,80?,81-,82+,83+/m0/s1. The zero-order valence-electron chi connectivity index (χ0n) is 69.9. The second kappa shape index (κ2) is 77.0. The highest BCUT2D eigenvalue weighted by atomic mass is 31.2. The van der Waals surface area contributed by atoms with E-state index < -0.39 is 97.5 Å². The van der Waals surface area contributed by atoms with Gasteiger partial charge in [-0.25, -0.2) is 9.13 Å². The minimum atomic E-state index is -4.97. The Balaban J connectivity index is 5.18. The van der Waals surface area contributed by atoms with E-state index in [2.05, 4.69) is 48.5 Å². The summed E-state index contributed by atoms with van der Waals surface area (Å²) in [6, 6.07) is 0. The van der Waals surface area contributed by atoms with Gasteiger partial charge >= 0.3 is 39.5 Å². The molecule has 0 radical (unpaired) electrons. The van der Waals surface area contributed by atoms with Gasteiger partial charge in [0.15, 0.2) is 12.2 Å². The minimum absolute atomic E-state index is 0.106. The number of ether oxygens (including phenoxy) is 4. The van der Waals surface area contributed by atoms with Crippen molar-refractivity contribution in [2.45, 2.75) is 478 Å². The van der Waals surface area contributed by atoms with E-state index in [-0.39, 0.29) is 25.7 Å². The lowest BCUT2D eigenvalue weighted by molar-refractivity contribution is -0.161. The quantitative estimate of drug-likeness (QED) is 0.0222. The fraction of sp³-hybridized carbons (Fsp3) is 0.954. The number of hydrogen-bond donors (Lipinski definition) is 3. The Kier molecular flexibility index (Phi) is 75.6. The fourth-order valence-corrected chi connectivity index (χ4v) is 15.1. The summed E-state index contributed by atoms with van der Waals surface area (Å²) in [5.74, 6) is 0.391. The number of carbonyl (C=O) groups is 4. The first-order valence-electron chi connectivity index (χ1n) is 44.9. The molecule has 106 heavy (non-hydrogen) atoms. The summed E-state index contributed by atoms with van der Waals surface area (Å²) in [6.07, 6.45) is 68.1. The summed E-state index contributed by atoms with van der Waals surface area (Å²) in [5.41, 5.74) is 0. The molecule has 0 aliphatic carbocycles. The third-order valence-corrected chi connectivity index (χ3v) is 23.0. The molecule has 17 nitrogen and oxygen atoms in total. The molecule has 0 aromatic rings. The fourth-order valence-electron chi connectivity index (χ4n) is 13.5. The highest BCUT2D eigenvalue weighted by molar-refractivity contribution is 7.47. The highest BCUT2D eigenvalue weighted by Gasteiger charge is 2.31. The highest BCUT2D eigenvalue weighted by Crippen LogP contribution is 2.45. The van der Waals surface area contributed by atoms with Gasteiger partial charge in [-0.05, 0) is 43.4 Å². The number of phosphoric acid groups is 2. The lowest BCUT2D eigenvalue weighted by Gasteiger charge is -2.21. The predicted molar refractivity (Wildman–Crippen MR) is 437 cm³/mol. The summed E-state index contributed by atoms with van der Waals surface area (Å²) in [7, 11) is -9.93. The molecule has 0 fully saturated rings. The normalized spacial score (nSPS) is 14.4. The molecule has 0 aliphatic heterocycles. The molecule has 0 bridgehead atoms. The molecule has 3 N–H and O–H groups in total. The molecule has 4 unspecified atom stereocenters. The Morgan fingerprint density at radius 3 is 0.717 bits per heavy atom. The number of hydrogen-bond acceptors (Lipinski definition) is 15. The van der Waals surface area contributed by atoms with Crippen LogP contribution in [0.2, 0.25) is 0 Å². The molecule has 0 aromatic carbocycles. The van der Waals surface area contributed by atoms with E-state index in [9.17, 15) is 43.2 Å². The Hall–Kier alpha value is -1.94. The number of unbranched alkanes of at least 4 members (excludes halogenated alkanes) is 51. The number of aliphatic hydroxyl groups excluding tert-OH is 1. The van der Waals surface area contributed by atoms with Gasteiger partial charge in [0.2, 0.25) is 0 Å². The van der Waals surface area contributed by atoms with Crippen LogP contribution in [0, 0.1) is 17.8 Å². The second-order valence-corrected chi connectivity index (χ2v) is 35.1. The Morgan fingerprint density at radius 2 is 0.481 bits per heavy atom. The Bertz CT molecular complexity index is 2050. The molecule has 0 amide bonds. The monoisotopic (exact) mass is 1550 g/mol. The molecule has 7 atom stereocenters. The smallest absolute Gasteiger partial charge is 0.462 e. The van der Waals surface area contributed by atoms with Crippen LogP contribution < -0.4 is 0 Å². The largest absolute Gasteiger partial charge is 0.472 e. The molecular formula is C87H170O17P2. The van der Waals surface area contributed by atoms with E-state index in [0.717, 1.165) is 108 Å². The van der Waals surface area contributed by atoms with Crippen molar-refractivity contribution in [3.8, 4) is 0 Å². The van der Waals surface area contributed by atoms with Crippen LogP contribution in [-0.4, -0.2) is 96.7 Å². The van der Waals surface area contributed by atoms with Crippen LogP contribution in [0.3, 0.4) is 0 Å². The minimum Gasteiger partial charge on any atom is -0.462 e. The van der Waals surface area contributed by atoms with Crippen molar-refractivity contribution >= 4 is 39.5 Å². The third kappa shape index (κ3) is 77.4. The summed E-state index contributed by atoms with van der Waals surface area (Å²) in [6.45, 7) is 12.1. The van der Waals surface area contributed by atoms with Crippen molar-refractivity contribution < 1.29 is 80.2 Å². The molecule has 0 saturated heterocycles. The van der Waals surface area contributed by atoms with Crippen molar-refractivity contribution in [1.29, 1.82) is 0 Å². The average Bonchev–Trinajstić information content (AvgIpc) is 0.934. The van der Waals surface area contributed by atoms with E-state index in [1.165, 1.54) is 270 Å². The molecule has 0 aliphatic rings. The van der Waals surface area contributed by atoms with Crippen molar-refractivity contribution in [2.24, 2.45) is 17.8 Å². The van der Waals surface area contributed by atoms with Crippen molar-refractivity contribution in [2.75, 3.05) is 39.6 Å². The average molecular weight is 1550 g/mol. The number of aliphatic hydroxyl groups is 1. The Labute approximate surface area is 651 Å². The topological polar surface area (TPSA) is 237 Å². The van der Waals surface area contributed by atoms with E-state index in [4.69, 9.17) is 37.0 Å². The maximum atomic E-state index is 13.2. The van der Waals surface area contributed by atoms with Crippen LogP contribution in [0.5, 0.6) is 0 Å². The van der Waals surface area contributed by atoms with Crippen molar-refractivity contribution in [3.05, 3.63) is 0 Å². The number of carbonyl (C=O) groups excluding carboxylic acids is 4. The summed E-state index contributed by atoms with van der Waals surface area (Å²) < 4.78 is 68.8. The summed E-state index contributed by atoms with van der Waals surface area (Å²) in [5, 5.41) is 10.7. The Morgan fingerprint density at radius 1 is 0.274 bits per heavy atom. The van der Waals surface area contributed by atoms with Crippen LogP contribution in [0.25, 0.3) is 0 Å². The van der Waals surface area contributed by atoms with Crippen LogP contribution >= 0.6 is 15.6 Å². The van der Waals surface area contributed by atoms with Crippen LogP contribution in [0.4, 0.5) is 0 Å². The van der Waals surface area contributed by atoms with Gasteiger partial charge in [-0.15, -0.1) is 0 Å². The van der Waals surface area contributed by atoms with E-state index >= 15 is 0 Å². The lowest BCUT2D eigenvalue weighted by Crippen LogP contribution is -2.30. The second-order valence-electron chi connectivity index (χ2n) is 32.2. The van der Waals surface area contributed by atoms with Gasteiger partial charge in [0.05, 0.1) is 26.4 Å². The third-order valence-electron chi connectivity index (χ3n) is 21.1. The first-order valence-corrected chi connectivity index (χ1v) is 47.9. The SMILES string of the molecule is CCCCCCCCCCCC(=O)OC[C@H](COP(=O)(O)OC[C@H](O)COP(=O)(O)OC[C@@H](COC(=O)CCCCCCCCCCCCCCCCCCCCC(C)CC)OC(=O)CCCCCCCCCCCCCCCCCCCCC(C)CC)OC(=O)CCCCCCCCCCCCC(C)C. The molecule has 0 heterocycles. The molecule has 0 spiro atoms. The molecule has 0 rings (SSSR count). The molecule has 19 heteroatoms. The molecule has 0 aromatic heterocycles. The van der Waals surface area contributed by atoms with Gasteiger partial charge in [0.25, 0.3) is 0 Å². The number of phosphoric ester groups is 2. The predicted octanol–water partition coefficient (Wildman–Crippen LogP) is 26.5. The van der Waals surface area contributed by atoms with Gasteiger partial charge < -0.3 is 33.8 Å². The van der Waals surface area contributed by atoms with Crippen LogP contribution in [0.15, 0.2) is 0 Å². The summed E-state index contributed by atoms with van der Waals surface area (Å²) in [4.78, 5) is 73.1. The maximum absolute atomic E-state index is 13.2.